The number of aryl methyl sites for hydroxylation is 1. The minimum atomic E-state index is -0.217. The molecule has 4 heteroatoms. The second kappa shape index (κ2) is 6.53. The molecule has 0 saturated heterocycles. The molecule has 1 atom stereocenters. The predicted octanol–water partition coefficient (Wildman–Crippen LogP) is 2.21. The topological polar surface area (TPSA) is 23.5 Å². The van der Waals surface area contributed by atoms with E-state index in [9.17, 15) is 5.11 Å². The van der Waals surface area contributed by atoms with E-state index in [0.29, 0.717) is 0 Å². The van der Waals surface area contributed by atoms with Crippen molar-refractivity contribution in [3.8, 4) is 0 Å². The van der Waals surface area contributed by atoms with Gasteiger partial charge in [-0.2, -0.15) is 11.8 Å². The number of aliphatic hydroxyl groups is 1. The lowest BCUT2D eigenvalue weighted by Crippen LogP contribution is -2.30. The summed E-state index contributed by atoms with van der Waals surface area (Å²) in [5.74, 6) is 0.813. The maximum atomic E-state index is 9.66. The fourth-order valence-electron chi connectivity index (χ4n) is 1.48. The smallest absolute Gasteiger partial charge is 0.0757 e. The molecule has 0 radical (unpaired) electrons. The molecule has 0 fully saturated rings. The summed E-state index contributed by atoms with van der Waals surface area (Å²) >= 11 is 3.48. The van der Waals surface area contributed by atoms with Gasteiger partial charge in [-0.05, 0) is 37.2 Å². The van der Waals surface area contributed by atoms with Gasteiger partial charge in [-0.25, -0.2) is 0 Å². The van der Waals surface area contributed by atoms with Crippen LogP contribution in [0.3, 0.4) is 0 Å². The highest BCUT2D eigenvalue weighted by Gasteiger charge is 2.09. The fraction of sp³-hybridized carbons (Fsp3) is 0.636. The quantitative estimate of drug-likeness (QED) is 0.831. The van der Waals surface area contributed by atoms with Crippen LogP contribution in [-0.2, 0) is 6.54 Å². The van der Waals surface area contributed by atoms with Crippen molar-refractivity contribution in [2.75, 3.05) is 25.6 Å². The molecular formula is C11H19NOS2. The number of likely N-dealkylation sites (N-methyl/N-ethyl adjacent to an activating group) is 1. The highest BCUT2D eigenvalue weighted by molar-refractivity contribution is 7.98. The van der Waals surface area contributed by atoms with Gasteiger partial charge in [0.05, 0.1) is 6.10 Å². The van der Waals surface area contributed by atoms with Crippen molar-refractivity contribution in [3.05, 3.63) is 21.9 Å². The van der Waals surface area contributed by atoms with E-state index in [1.165, 1.54) is 10.4 Å². The molecule has 15 heavy (non-hydrogen) atoms. The largest absolute Gasteiger partial charge is 0.391 e. The van der Waals surface area contributed by atoms with Gasteiger partial charge in [0.1, 0.15) is 0 Å². The van der Waals surface area contributed by atoms with Gasteiger partial charge in [-0.3, -0.25) is 4.90 Å². The van der Waals surface area contributed by atoms with Gasteiger partial charge in [0, 0.05) is 23.7 Å². The van der Waals surface area contributed by atoms with Crippen LogP contribution in [-0.4, -0.2) is 41.7 Å². The Morgan fingerprint density at radius 1 is 1.60 bits per heavy atom. The van der Waals surface area contributed by atoms with E-state index >= 15 is 0 Å². The number of thiophene rings is 1. The monoisotopic (exact) mass is 245 g/mol. The van der Waals surface area contributed by atoms with Crippen LogP contribution >= 0.6 is 23.1 Å². The molecule has 0 aliphatic rings. The molecule has 1 aromatic heterocycles. The maximum absolute atomic E-state index is 9.66. The lowest BCUT2D eigenvalue weighted by Gasteiger charge is -2.19. The molecule has 1 unspecified atom stereocenters. The van der Waals surface area contributed by atoms with Crippen molar-refractivity contribution in [2.45, 2.75) is 19.6 Å². The Kier molecular flexibility index (Phi) is 5.68. The molecule has 0 amide bonds. The third-order valence-electron chi connectivity index (χ3n) is 2.26. The van der Waals surface area contributed by atoms with E-state index in [0.717, 1.165) is 18.8 Å². The third kappa shape index (κ3) is 4.55. The highest BCUT2D eigenvalue weighted by Crippen LogP contribution is 2.17. The first-order valence-electron chi connectivity index (χ1n) is 5.02. The van der Waals surface area contributed by atoms with E-state index < -0.39 is 0 Å². The molecule has 0 spiro atoms. The van der Waals surface area contributed by atoms with E-state index in [1.807, 2.05) is 6.26 Å². The van der Waals surface area contributed by atoms with Crippen LogP contribution in [0, 0.1) is 6.92 Å². The number of thioether (sulfide) groups is 1. The van der Waals surface area contributed by atoms with Gasteiger partial charge in [-0.1, -0.05) is 0 Å². The van der Waals surface area contributed by atoms with Gasteiger partial charge in [0.2, 0.25) is 0 Å². The molecule has 1 aromatic rings. The molecule has 0 aromatic carbocycles. The summed E-state index contributed by atoms with van der Waals surface area (Å²) in [6.07, 6.45) is 1.80. The minimum Gasteiger partial charge on any atom is -0.391 e. The maximum Gasteiger partial charge on any atom is 0.0757 e. The van der Waals surface area contributed by atoms with E-state index in [1.54, 1.807) is 23.1 Å². The average Bonchev–Trinajstić information content (AvgIpc) is 2.52. The summed E-state index contributed by atoms with van der Waals surface area (Å²) in [5.41, 5.74) is 1.35. The van der Waals surface area contributed by atoms with Gasteiger partial charge in [-0.15, -0.1) is 11.3 Å². The van der Waals surface area contributed by atoms with Crippen molar-refractivity contribution >= 4 is 23.1 Å². The van der Waals surface area contributed by atoms with E-state index in [2.05, 4.69) is 30.3 Å². The third-order valence-corrected chi connectivity index (χ3v) is 3.99. The Morgan fingerprint density at radius 3 is 2.87 bits per heavy atom. The van der Waals surface area contributed by atoms with Crippen LogP contribution in [0.1, 0.15) is 10.4 Å². The summed E-state index contributed by atoms with van der Waals surface area (Å²) in [6.45, 7) is 3.82. The molecule has 1 rings (SSSR count). The second-order valence-electron chi connectivity index (χ2n) is 3.83. The molecular weight excluding hydrogens is 226 g/mol. The van der Waals surface area contributed by atoms with Crippen molar-refractivity contribution in [1.29, 1.82) is 0 Å². The average molecular weight is 245 g/mol. The Balaban J connectivity index is 2.36. The zero-order valence-corrected chi connectivity index (χ0v) is 11.2. The zero-order chi connectivity index (χ0) is 11.3. The van der Waals surface area contributed by atoms with Gasteiger partial charge < -0.3 is 5.11 Å². The Morgan fingerprint density at radius 2 is 2.33 bits per heavy atom. The van der Waals surface area contributed by atoms with Crippen LogP contribution in [0.2, 0.25) is 0 Å². The van der Waals surface area contributed by atoms with Crippen LogP contribution < -0.4 is 0 Å². The van der Waals surface area contributed by atoms with Gasteiger partial charge >= 0.3 is 0 Å². The minimum absolute atomic E-state index is 0.217. The van der Waals surface area contributed by atoms with Crippen LogP contribution in [0.15, 0.2) is 11.4 Å². The van der Waals surface area contributed by atoms with Gasteiger partial charge in [0.25, 0.3) is 0 Å². The number of hydrogen-bond donors (Lipinski definition) is 1. The number of nitrogens with zero attached hydrogens (tertiary/aromatic N) is 1. The van der Waals surface area contributed by atoms with Crippen LogP contribution in [0.25, 0.3) is 0 Å². The Bertz CT molecular complexity index is 288. The van der Waals surface area contributed by atoms with Crippen molar-refractivity contribution in [2.24, 2.45) is 0 Å². The zero-order valence-electron chi connectivity index (χ0n) is 9.56. The lowest BCUT2D eigenvalue weighted by atomic mass is 10.3. The first kappa shape index (κ1) is 13.0. The summed E-state index contributed by atoms with van der Waals surface area (Å²) in [6, 6.07) is 2.15. The summed E-state index contributed by atoms with van der Waals surface area (Å²) in [5, 5.41) is 11.8. The molecule has 0 bridgehead atoms. The van der Waals surface area contributed by atoms with E-state index in [4.69, 9.17) is 0 Å². The molecule has 0 saturated carbocycles. The Labute approximate surface area is 100 Å². The number of hydrogen-bond acceptors (Lipinski definition) is 4. The highest BCUT2D eigenvalue weighted by atomic mass is 32.2. The first-order valence-corrected chi connectivity index (χ1v) is 7.29. The van der Waals surface area contributed by atoms with Crippen molar-refractivity contribution in [1.82, 2.24) is 4.90 Å². The standard InChI is InChI=1S/C11H19NOS2/c1-9-4-5-15-11(9)7-12(2)6-10(13)8-14-3/h4-5,10,13H,6-8H2,1-3H3. The SMILES string of the molecule is CSCC(O)CN(C)Cc1sccc1C. The predicted molar refractivity (Wildman–Crippen MR) is 69.8 cm³/mol. The fourth-order valence-corrected chi connectivity index (χ4v) is 2.96. The molecule has 0 aliphatic carbocycles. The van der Waals surface area contributed by atoms with Crippen molar-refractivity contribution in [3.63, 3.8) is 0 Å². The number of aliphatic hydroxyl groups excluding tert-OH is 1. The normalized spacial score (nSPS) is 13.4. The summed E-state index contributed by atoms with van der Waals surface area (Å²) in [7, 11) is 2.06. The summed E-state index contributed by atoms with van der Waals surface area (Å²) in [4.78, 5) is 3.58. The lowest BCUT2D eigenvalue weighted by molar-refractivity contribution is 0.142. The van der Waals surface area contributed by atoms with Crippen LogP contribution in [0.5, 0.6) is 0 Å². The molecule has 86 valence electrons. The summed E-state index contributed by atoms with van der Waals surface area (Å²) < 4.78 is 0. The van der Waals surface area contributed by atoms with E-state index in [-0.39, 0.29) is 6.10 Å². The molecule has 1 N–H and O–H groups in total. The molecule has 1 heterocycles. The van der Waals surface area contributed by atoms with Crippen LogP contribution in [0.4, 0.5) is 0 Å². The molecule has 2 nitrogen and oxygen atoms in total. The first-order chi connectivity index (χ1) is 7.13. The van der Waals surface area contributed by atoms with Crippen molar-refractivity contribution < 1.29 is 5.11 Å². The number of rotatable bonds is 6. The second-order valence-corrected chi connectivity index (χ2v) is 5.74. The molecule has 0 aliphatic heterocycles. The Hall–Kier alpha value is -0.0300. The van der Waals surface area contributed by atoms with Gasteiger partial charge in [0.15, 0.2) is 0 Å².